The molecule has 1 aliphatic heterocycles. The van der Waals surface area contributed by atoms with Crippen LogP contribution < -0.4 is 10.6 Å². The molecule has 0 saturated carbocycles. The van der Waals surface area contributed by atoms with Crippen LogP contribution >= 0.6 is 0 Å². The van der Waals surface area contributed by atoms with Crippen molar-refractivity contribution in [3.8, 4) is 0 Å². The minimum absolute atomic E-state index is 0.103. The average molecular weight is 499 g/mol. The highest BCUT2D eigenvalue weighted by Gasteiger charge is 2.54. The maximum Gasteiger partial charge on any atom is 0.325 e. The van der Waals surface area contributed by atoms with Crippen molar-refractivity contribution >= 4 is 33.6 Å². The number of hydrogen-bond acceptors (Lipinski definition) is 5. The van der Waals surface area contributed by atoms with E-state index in [1.54, 1.807) is 32.9 Å². The zero-order chi connectivity index (χ0) is 25.4. The molecule has 0 bridgehead atoms. The third-order valence-corrected chi connectivity index (χ3v) is 8.94. The summed E-state index contributed by atoms with van der Waals surface area (Å²) in [7, 11) is -3.72. The van der Waals surface area contributed by atoms with Crippen molar-refractivity contribution < 1.29 is 22.8 Å². The summed E-state index contributed by atoms with van der Waals surface area (Å²) in [6.07, 6.45) is 2.04. The van der Waals surface area contributed by atoms with Gasteiger partial charge < -0.3 is 10.6 Å². The van der Waals surface area contributed by atoms with Gasteiger partial charge in [-0.15, -0.1) is 0 Å². The van der Waals surface area contributed by atoms with Gasteiger partial charge >= 0.3 is 6.03 Å². The van der Waals surface area contributed by atoms with Crippen molar-refractivity contribution in [3.05, 3.63) is 59.2 Å². The third kappa shape index (κ3) is 4.32. The number of carbonyl (C=O) groups excluding carboxylic acids is 3. The Bertz CT molecular complexity index is 1290. The summed E-state index contributed by atoms with van der Waals surface area (Å²) in [5, 5.41) is 5.47. The van der Waals surface area contributed by atoms with Gasteiger partial charge in [-0.05, 0) is 55.0 Å². The topological polar surface area (TPSA) is 116 Å². The Morgan fingerprint density at radius 1 is 1.14 bits per heavy atom. The van der Waals surface area contributed by atoms with Gasteiger partial charge in [-0.3, -0.25) is 14.5 Å². The lowest BCUT2D eigenvalue weighted by atomic mass is 9.76. The van der Waals surface area contributed by atoms with E-state index in [2.05, 4.69) is 10.6 Å². The van der Waals surface area contributed by atoms with Crippen molar-refractivity contribution in [2.75, 3.05) is 25.0 Å². The molecule has 186 valence electrons. The number of imide groups is 1. The molecule has 4 amide bonds. The van der Waals surface area contributed by atoms with Crippen LogP contribution in [0.1, 0.15) is 43.4 Å². The van der Waals surface area contributed by atoms with Gasteiger partial charge in [0.15, 0.2) is 0 Å². The molecular weight excluding hydrogens is 468 g/mol. The molecule has 0 aromatic heterocycles. The molecule has 1 heterocycles. The van der Waals surface area contributed by atoms with E-state index < -0.39 is 40.0 Å². The normalized spacial score (nSPS) is 19.7. The summed E-state index contributed by atoms with van der Waals surface area (Å²) in [4.78, 5) is 40.0. The Labute approximate surface area is 205 Å². The van der Waals surface area contributed by atoms with Gasteiger partial charge in [-0.25, -0.2) is 13.2 Å². The van der Waals surface area contributed by atoms with Crippen LogP contribution in [-0.4, -0.2) is 55.1 Å². The van der Waals surface area contributed by atoms with Crippen molar-refractivity contribution in [2.45, 2.75) is 50.5 Å². The Hall–Kier alpha value is -3.24. The highest BCUT2D eigenvalue weighted by Crippen LogP contribution is 2.39. The van der Waals surface area contributed by atoms with Gasteiger partial charge in [0.2, 0.25) is 15.9 Å². The molecule has 0 unspecified atom stereocenters. The largest absolute Gasteiger partial charge is 0.325 e. The number of nitrogens with zero attached hydrogens (tertiary/aromatic N) is 2. The molecule has 10 heteroatoms. The summed E-state index contributed by atoms with van der Waals surface area (Å²) in [6, 6.07) is 11.5. The molecule has 1 atom stereocenters. The van der Waals surface area contributed by atoms with E-state index in [1.807, 2.05) is 24.3 Å². The van der Waals surface area contributed by atoms with E-state index in [0.717, 1.165) is 28.9 Å². The molecular formula is C25H30N4O5S. The highest BCUT2D eigenvalue weighted by atomic mass is 32.2. The van der Waals surface area contributed by atoms with Crippen molar-refractivity contribution in [2.24, 2.45) is 0 Å². The zero-order valence-corrected chi connectivity index (χ0v) is 20.9. The maximum atomic E-state index is 13.4. The predicted octanol–water partition coefficient (Wildman–Crippen LogP) is 2.75. The lowest BCUT2D eigenvalue weighted by Crippen LogP contribution is -2.47. The maximum absolute atomic E-state index is 13.4. The van der Waals surface area contributed by atoms with Crippen molar-refractivity contribution in [1.82, 2.24) is 14.5 Å². The first-order valence-electron chi connectivity index (χ1n) is 11.8. The first-order chi connectivity index (χ1) is 16.6. The molecule has 2 aliphatic rings. The van der Waals surface area contributed by atoms with Crippen LogP contribution in [0.4, 0.5) is 10.5 Å². The second kappa shape index (κ2) is 9.43. The minimum Gasteiger partial charge on any atom is -0.324 e. The first kappa shape index (κ1) is 24.9. The Balaban J connectivity index is 1.53. The number of hydrogen-bond donors (Lipinski definition) is 2. The van der Waals surface area contributed by atoms with E-state index in [1.165, 1.54) is 10.4 Å². The molecule has 2 N–H and O–H groups in total. The first-order valence-corrected chi connectivity index (χ1v) is 13.2. The summed E-state index contributed by atoms with van der Waals surface area (Å²) < 4.78 is 27.3. The number of aryl methyl sites for hydroxylation is 2. The number of fused-ring (bicyclic) bond motifs is 2. The number of sulfonamides is 1. The molecule has 35 heavy (non-hydrogen) atoms. The van der Waals surface area contributed by atoms with E-state index in [4.69, 9.17) is 0 Å². The zero-order valence-electron chi connectivity index (χ0n) is 20.1. The third-order valence-electron chi connectivity index (χ3n) is 6.75. The van der Waals surface area contributed by atoms with E-state index in [9.17, 15) is 22.8 Å². The molecule has 4 rings (SSSR count). The van der Waals surface area contributed by atoms with Gasteiger partial charge in [0, 0.05) is 18.8 Å². The molecule has 2 aromatic rings. The van der Waals surface area contributed by atoms with Crippen molar-refractivity contribution in [1.29, 1.82) is 0 Å². The number of carbonyl (C=O) groups is 3. The molecule has 9 nitrogen and oxygen atoms in total. The van der Waals surface area contributed by atoms with Crippen LogP contribution in [-0.2, 0) is 31.6 Å². The fraction of sp³-hybridized carbons (Fsp3) is 0.400. The highest BCUT2D eigenvalue weighted by molar-refractivity contribution is 7.89. The second-order valence-corrected chi connectivity index (χ2v) is 10.8. The van der Waals surface area contributed by atoms with Gasteiger partial charge in [-0.1, -0.05) is 44.2 Å². The molecule has 1 spiro atoms. The number of benzene rings is 2. The number of urea groups is 1. The average Bonchev–Trinajstić information content (AvgIpc) is 3.05. The lowest BCUT2D eigenvalue weighted by Gasteiger charge is -2.33. The molecule has 1 aliphatic carbocycles. The van der Waals surface area contributed by atoms with Crippen molar-refractivity contribution in [3.63, 3.8) is 0 Å². The second-order valence-electron chi connectivity index (χ2n) is 8.86. The Morgan fingerprint density at radius 2 is 1.86 bits per heavy atom. The van der Waals surface area contributed by atoms with Crippen LogP contribution in [0.5, 0.6) is 0 Å². The quantitative estimate of drug-likeness (QED) is 0.570. The fourth-order valence-electron chi connectivity index (χ4n) is 4.96. The number of nitrogens with one attached hydrogen (secondary N) is 2. The van der Waals surface area contributed by atoms with Gasteiger partial charge in [0.1, 0.15) is 12.1 Å². The van der Waals surface area contributed by atoms with E-state index >= 15 is 0 Å². The Kier molecular flexibility index (Phi) is 6.70. The number of anilines is 1. The molecule has 1 saturated heterocycles. The smallest absolute Gasteiger partial charge is 0.324 e. The van der Waals surface area contributed by atoms with E-state index in [-0.39, 0.29) is 10.6 Å². The van der Waals surface area contributed by atoms with Crippen LogP contribution in [0, 0.1) is 6.92 Å². The van der Waals surface area contributed by atoms with Crippen LogP contribution in [0.15, 0.2) is 47.4 Å². The standard InChI is InChI=1S/C25H30N4O5S/c1-4-28(5-2)35(33,34)21-15-19(13-12-17(21)3)26-22(30)16-29-23(31)25(27-24(29)32)14-8-10-18-9-6-7-11-20(18)25/h6-7,9,11-13,15H,4-5,8,10,14,16H2,1-3H3,(H,26,30)(H,27,32)/t25-/m0/s1. The summed E-state index contributed by atoms with van der Waals surface area (Å²) in [6.45, 7) is 5.39. The molecule has 0 radical (unpaired) electrons. The van der Waals surface area contributed by atoms with Gasteiger partial charge in [0.25, 0.3) is 5.91 Å². The molecule has 2 aromatic carbocycles. The summed E-state index contributed by atoms with van der Waals surface area (Å²) in [5.41, 5.74) is 1.47. The van der Waals surface area contributed by atoms with Crippen LogP contribution in [0.3, 0.4) is 0 Å². The summed E-state index contributed by atoms with van der Waals surface area (Å²) in [5.74, 6) is -1.04. The number of amides is 4. The van der Waals surface area contributed by atoms with Gasteiger partial charge in [0.05, 0.1) is 4.90 Å². The monoisotopic (exact) mass is 498 g/mol. The molecule has 1 fully saturated rings. The summed E-state index contributed by atoms with van der Waals surface area (Å²) >= 11 is 0. The fourth-order valence-corrected chi connectivity index (χ4v) is 6.67. The van der Waals surface area contributed by atoms with E-state index in [0.29, 0.717) is 25.1 Å². The minimum atomic E-state index is -3.72. The van der Waals surface area contributed by atoms with Crippen LogP contribution in [0.25, 0.3) is 0 Å². The predicted molar refractivity (Wildman–Crippen MR) is 131 cm³/mol. The Morgan fingerprint density at radius 3 is 2.57 bits per heavy atom. The lowest BCUT2D eigenvalue weighted by molar-refractivity contribution is -0.134. The van der Waals surface area contributed by atoms with Crippen LogP contribution in [0.2, 0.25) is 0 Å². The van der Waals surface area contributed by atoms with Gasteiger partial charge in [-0.2, -0.15) is 4.31 Å². The number of rotatable bonds is 7. The SMILES string of the molecule is CCN(CC)S(=O)(=O)c1cc(NC(=O)CN2C(=O)N[C@]3(CCCc4ccccc43)C2=O)ccc1C.